The van der Waals surface area contributed by atoms with Crippen LogP contribution in [0.1, 0.15) is 24.4 Å². The third-order valence-corrected chi connectivity index (χ3v) is 5.12. The summed E-state index contributed by atoms with van der Waals surface area (Å²) in [6, 6.07) is 20.9. The topological polar surface area (TPSA) is 84.2 Å². The van der Waals surface area contributed by atoms with Gasteiger partial charge in [-0.05, 0) is 38.1 Å². The van der Waals surface area contributed by atoms with Gasteiger partial charge in [0, 0.05) is 11.6 Å². The number of hydrogen-bond donors (Lipinski definition) is 0. The fourth-order valence-corrected chi connectivity index (χ4v) is 3.51. The third-order valence-electron chi connectivity index (χ3n) is 5.12. The number of methoxy groups -OCH3 is 1. The number of fused-ring (bicyclic) bond motifs is 1. The van der Waals surface area contributed by atoms with E-state index < -0.39 is 12.1 Å². The lowest BCUT2D eigenvalue weighted by molar-refractivity contribution is -0.151. The first kappa shape index (κ1) is 22.9. The Morgan fingerprint density at radius 3 is 2.38 bits per heavy atom. The first-order valence-corrected chi connectivity index (χ1v) is 10.8. The molecular formula is C27H24O7. The fourth-order valence-electron chi connectivity index (χ4n) is 3.51. The molecule has 1 aromatic heterocycles. The first-order valence-electron chi connectivity index (χ1n) is 10.8. The minimum atomic E-state index is -0.959. The molecule has 0 aliphatic heterocycles. The standard InChI is InChI=1S/C27H24O7/c1-4-31-27(29)26(18-10-6-5-7-11-18)33-19-14-15-20-23(16-19)32-17(2)25(24(20)28)34-22-13-9-8-12-21(22)30-3/h5-16,26H,4H2,1-3H3/t26-/m1/s1. The number of para-hydroxylation sites is 2. The van der Waals surface area contributed by atoms with Gasteiger partial charge in [0.25, 0.3) is 0 Å². The summed E-state index contributed by atoms with van der Waals surface area (Å²) in [6.45, 7) is 3.61. The molecule has 4 aromatic rings. The SMILES string of the molecule is CCOC(=O)[C@H](Oc1ccc2c(=O)c(Oc3ccccc3OC)c(C)oc2c1)c1ccccc1. The number of hydrogen-bond acceptors (Lipinski definition) is 7. The van der Waals surface area contributed by atoms with Crippen LogP contribution in [0.2, 0.25) is 0 Å². The quantitative estimate of drug-likeness (QED) is 0.317. The molecule has 4 rings (SSSR count). The zero-order chi connectivity index (χ0) is 24.1. The zero-order valence-electron chi connectivity index (χ0n) is 19.1. The average Bonchev–Trinajstić information content (AvgIpc) is 2.85. The van der Waals surface area contributed by atoms with Gasteiger partial charge in [-0.1, -0.05) is 42.5 Å². The van der Waals surface area contributed by atoms with Crippen molar-refractivity contribution in [2.75, 3.05) is 13.7 Å². The predicted molar refractivity (Wildman–Crippen MR) is 127 cm³/mol. The highest BCUT2D eigenvalue weighted by atomic mass is 16.6. The van der Waals surface area contributed by atoms with Crippen molar-refractivity contribution in [3.05, 3.63) is 94.3 Å². The molecule has 0 N–H and O–H groups in total. The normalized spacial score (nSPS) is 11.6. The van der Waals surface area contributed by atoms with Crippen molar-refractivity contribution in [3.63, 3.8) is 0 Å². The zero-order valence-corrected chi connectivity index (χ0v) is 19.1. The van der Waals surface area contributed by atoms with Crippen LogP contribution in [-0.4, -0.2) is 19.7 Å². The van der Waals surface area contributed by atoms with E-state index in [1.165, 1.54) is 7.11 Å². The Balaban J connectivity index is 1.68. The number of benzene rings is 3. The second kappa shape index (κ2) is 10.1. The maximum absolute atomic E-state index is 13.2. The highest BCUT2D eigenvalue weighted by Crippen LogP contribution is 2.33. The van der Waals surface area contributed by atoms with Crippen molar-refractivity contribution >= 4 is 16.9 Å². The summed E-state index contributed by atoms with van der Waals surface area (Å²) in [6.07, 6.45) is -0.959. The molecule has 34 heavy (non-hydrogen) atoms. The molecule has 0 saturated heterocycles. The maximum Gasteiger partial charge on any atom is 0.352 e. The lowest BCUT2D eigenvalue weighted by atomic mass is 10.1. The van der Waals surface area contributed by atoms with E-state index in [2.05, 4.69) is 0 Å². The summed E-state index contributed by atoms with van der Waals surface area (Å²) in [4.78, 5) is 25.7. The molecule has 0 saturated carbocycles. The highest BCUT2D eigenvalue weighted by molar-refractivity contribution is 5.80. The van der Waals surface area contributed by atoms with E-state index in [4.69, 9.17) is 23.4 Å². The van der Waals surface area contributed by atoms with Crippen molar-refractivity contribution in [3.8, 4) is 23.0 Å². The van der Waals surface area contributed by atoms with Gasteiger partial charge in [0.2, 0.25) is 17.3 Å². The van der Waals surface area contributed by atoms with Crippen molar-refractivity contribution in [1.82, 2.24) is 0 Å². The van der Waals surface area contributed by atoms with Gasteiger partial charge in [-0.15, -0.1) is 0 Å². The lowest BCUT2D eigenvalue weighted by Gasteiger charge is -2.18. The Hall–Kier alpha value is -4.26. The summed E-state index contributed by atoms with van der Waals surface area (Å²) in [7, 11) is 1.53. The number of carbonyl (C=O) groups is 1. The molecule has 0 fully saturated rings. The summed E-state index contributed by atoms with van der Waals surface area (Å²) in [5, 5.41) is 0.315. The van der Waals surface area contributed by atoms with Crippen LogP contribution in [0.4, 0.5) is 0 Å². The second-order valence-electron chi connectivity index (χ2n) is 7.39. The number of rotatable bonds is 8. The Morgan fingerprint density at radius 1 is 0.971 bits per heavy atom. The van der Waals surface area contributed by atoms with E-state index in [1.54, 1.807) is 62.4 Å². The Morgan fingerprint density at radius 2 is 1.68 bits per heavy atom. The first-order chi connectivity index (χ1) is 16.5. The molecule has 7 heteroatoms. The van der Waals surface area contributed by atoms with Crippen molar-refractivity contribution < 1.29 is 28.2 Å². The van der Waals surface area contributed by atoms with Gasteiger partial charge < -0.3 is 23.4 Å². The van der Waals surface area contributed by atoms with Crippen LogP contribution < -0.4 is 19.6 Å². The Bertz CT molecular complexity index is 1360. The molecule has 3 aromatic carbocycles. The number of ether oxygens (including phenoxy) is 4. The van der Waals surface area contributed by atoms with E-state index in [9.17, 15) is 9.59 Å². The van der Waals surface area contributed by atoms with Gasteiger partial charge in [0.15, 0.2) is 11.5 Å². The fraction of sp³-hybridized carbons (Fsp3) is 0.185. The summed E-state index contributed by atoms with van der Waals surface area (Å²) in [5.41, 5.74) is 0.628. The summed E-state index contributed by atoms with van der Waals surface area (Å²) >= 11 is 0. The van der Waals surface area contributed by atoms with Crippen LogP contribution in [0.15, 0.2) is 82.0 Å². The highest BCUT2D eigenvalue weighted by Gasteiger charge is 2.25. The van der Waals surface area contributed by atoms with Crippen LogP contribution in [0, 0.1) is 6.92 Å². The number of aryl methyl sites for hydroxylation is 1. The third kappa shape index (κ3) is 4.73. The Kier molecular flexibility index (Phi) is 6.82. The molecule has 0 spiro atoms. The molecular weight excluding hydrogens is 436 g/mol. The van der Waals surface area contributed by atoms with Gasteiger partial charge in [0.05, 0.1) is 19.1 Å². The molecule has 0 unspecified atom stereocenters. The van der Waals surface area contributed by atoms with Gasteiger partial charge in [-0.2, -0.15) is 0 Å². The van der Waals surface area contributed by atoms with Gasteiger partial charge in [-0.3, -0.25) is 4.79 Å². The molecule has 0 aliphatic rings. The number of carbonyl (C=O) groups excluding carboxylic acids is 1. The van der Waals surface area contributed by atoms with Crippen LogP contribution >= 0.6 is 0 Å². The van der Waals surface area contributed by atoms with Gasteiger partial charge >= 0.3 is 5.97 Å². The van der Waals surface area contributed by atoms with Gasteiger partial charge in [0.1, 0.15) is 17.1 Å². The molecule has 0 bridgehead atoms. The van der Waals surface area contributed by atoms with E-state index in [1.807, 2.05) is 24.3 Å². The lowest BCUT2D eigenvalue weighted by Crippen LogP contribution is -2.21. The molecule has 0 radical (unpaired) electrons. The number of esters is 1. The largest absolute Gasteiger partial charge is 0.493 e. The van der Waals surface area contributed by atoms with Crippen LogP contribution in [0.25, 0.3) is 11.0 Å². The monoisotopic (exact) mass is 460 g/mol. The van der Waals surface area contributed by atoms with E-state index >= 15 is 0 Å². The predicted octanol–water partition coefficient (Wildman–Crippen LogP) is 5.59. The molecule has 1 heterocycles. The van der Waals surface area contributed by atoms with E-state index in [0.29, 0.717) is 39.5 Å². The maximum atomic E-state index is 13.2. The van der Waals surface area contributed by atoms with Crippen molar-refractivity contribution in [2.45, 2.75) is 20.0 Å². The Labute approximate surface area is 196 Å². The van der Waals surface area contributed by atoms with Crippen molar-refractivity contribution in [1.29, 1.82) is 0 Å². The smallest absolute Gasteiger partial charge is 0.352 e. The summed E-state index contributed by atoms with van der Waals surface area (Å²) < 4.78 is 28.2. The summed E-state index contributed by atoms with van der Waals surface area (Å²) in [5.74, 6) is 1.11. The minimum absolute atomic E-state index is 0.0688. The average molecular weight is 460 g/mol. The van der Waals surface area contributed by atoms with Crippen LogP contribution in [0.3, 0.4) is 0 Å². The molecule has 7 nitrogen and oxygen atoms in total. The van der Waals surface area contributed by atoms with Crippen LogP contribution in [-0.2, 0) is 9.53 Å². The molecule has 0 aliphatic carbocycles. The van der Waals surface area contributed by atoms with E-state index in [-0.39, 0.29) is 17.8 Å². The molecule has 1 atom stereocenters. The molecule has 174 valence electrons. The van der Waals surface area contributed by atoms with E-state index in [0.717, 1.165) is 0 Å². The second-order valence-corrected chi connectivity index (χ2v) is 7.39. The van der Waals surface area contributed by atoms with Crippen molar-refractivity contribution in [2.24, 2.45) is 0 Å². The van der Waals surface area contributed by atoms with Gasteiger partial charge in [-0.25, -0.2) is 4.79 Å². The van der Waals surface area contributed by atoms with Crippen LogP contribution in [0.5, 0.6) is 23.0 Å². The molecule has 0 amide bonds. The minimum Gasteiger partial charge on any atom is -0.493 e.